The number of thiophene rings is 1. The zero-order chi connectivity index (χ0) is 45.4. The van der Waals surface area contributed by atoms with E-state index in [1.54, 1.807) is 0 Å². The van der Waals surface area contributed by atoms with Gasteiger partial charge in [-0.3, -0.25) is 0 Å². The molecule has 0 saturated carbocycles. The molecule has 0 atom stereocenters. The van der Waals surface area contributed by atoms with Crippen molar-refractivity contribution in [3.63, 3.8) is 0 Å². The molecule has 0 aliphatic rings. The summed E-state index contributed by atoms with van der Waals surface area (Å²) in [4.78, 5) is 15.6. The molecule has 0 aliphatic heterocycles. The molecule has 0 amide bonds. The van der Waals surface area contributed by atoms with E-state index in [1.165, 1.54) is 69.4 Å². The minimum absolute atomic E-state index is 0.613. The van der Waals surface area contributed by atoms with Gasteiger partial charge in [-0.05, 0) is 47.0 Å². The maximum atomic E-state index is 5.29. The third-order valence-corrected chi connectivity index (χ3v) is 14.8. The molecule has 322 valence electrons. The minimum Gasteiger partial charge on any atom is -0.308 e. The predicted molar refractivity (Wildman–Crippen MR) is 289 cm³/mol. The number of fused-ring (bicyclic) bond motifs is 11. The van der Waals surface area contributed by atoms with E-state index in [2.05, 4.69) is 221 Å². The van der Waals surface area contributed by atoms with Gasteiger partial charge in [-0.15, -0.1) is 11.3 Å². The third kappa shape index (κ3) is 6.27. The van der Waals surface area contributed by atoms with Gasteiger partial charge in [0, 0.05) is 60.3 Å². The SMILES string of the molecule is c1ccc(-c2nc(-c3cccc(-n4c5ccccc5c5ccc6c7ccc8c9ccccc9n(-c9ccccc9-c9ccccc9)c8c7sc6c54)c3)nc(-c3ccccc3-c3ccccc3)n2)cc1. The van der Waals surface area contributed by atoms with Gasteiger partial charge < -0.3 is 9.13 Å². The average molecular weight is 898 g/mol. The van der Waals surface area contributed by atoms with Crippen LogP contribution in [0.15, 0.2) is 237 Å². The zero-order valence-corrected chi connectivity index (χ0v) is 38.0. The number of benzene rings is 10. The lowest BCUT2D eigenvalue weighted by Gasteiger charge is -2.14. The molecule has 14 rings (SSSR count). The fourth-order valence-electron chi connectivity index (χ4n) is 10.5. The van der Waals surface area contributed by atoms with E-state index in [4.69, 9.17) is 15.0 Å². The van der Waals surface area contributed by atoms with E-state index in [1.807, 2.05) is 35.6 Å². The van der Waals surface area contributed by atoms with Crippen molar-refractivity contribution in [1.29, 1.82) is 0 Å². The van der Waals surface area contributed by atoms with Gasteiger partial charge in [0.15, 0.2) is 17.5 Å². The van der Waals surface area contributed by atoms with Crippen LogP contribution in [0, 0.1) is 0 Å². The molecule has 0 radical (unpaired) electrons. The van der Waals surface area contributed by atoms with Crippen molar-refractivity contribution in [2.75, 3.05) is 0 Å². The van der Waals surface area contributed by atoms with Crippen molar-refractivity contribution in [3.8, 4) is 67.8 Å². The highest BCUT2D eigenvalue weighted by molar-refractivity contribution is 7.27. The largest absolute Gasteiger partial charge is 0.308 e. The summed E-state index contributed by atoms with van der Waals surface area (Å²) in [5, 5.41) is 7.40. The molecule has 0 aliphatic carbocycles. The molecule has 69 heavy (non-hydrogen) atoms. The second-order valence-corrected chi connectivity index (χ2v) is 18.5. The monoisotopic (exact) mass is 897 g/mol. The second kappa shape index (κ2) is 15.8. The summed E-state index contributed by atoms with van der Waals surface area (Å²) >= 11 is 1.90. The standard InChI is InChI=1S/C63H39N5S/c1-4-19-40(20-5-1)45-27-10-11-31-53(45)63-65-61(42-23-8-3-9-24-42)64-62(66-63)43-25-18-26-44(39-43)67-55-33-16-13-29-47(55)49-35-37-51-52-38-36-50-48-30-14-17-34-56(48)68(58(50)60(52)69-59(51)57(49)67)54-32-15-12-28-46(54)41-21-6-2-7-22-41/h1-39H. The molecule has 5 nitrogen and oxygen atoms in total. The summed E-state index contributed by atoms with van der Waals surface area (Å²) in [7, 11) is 0. The fraction of sp³-hybridized carbons (Fsp3) is 0. The number of hydrogen-bond donors (Lipinski definition) is 0. The van der Waals surface area contributed by atoms with E-state index in [-0.39, 0.29) is 0 Å². The molecular weight excluding hydrogens is 859 g/mol. The summed E-state index contributed by atoms with van der Waals surface area (Å²) in [5.41, 5.74) is 14.3. The van der Waals surface area contributed by atoms with Crippen LogP contribution in [0.3, 0.4) is 0 Å². The molecule has 14 aromatic rings. The smallest absolute Gasteiger partial charge is 0.164 e. The van der Waals surface area contributed by atoms with Crippen LogP contribution in [0.2, 0.25) is 0 Å². The predicted octanol–water partition coefficient (Wildman–Crippen LogP) is 16.8. The molecule has 4 heterocycles. The van der Waals surface area contributed by atoms with Crippen molar-refractivity contribution in [2.24, 2.45) is 0 Å². The Hall–Kier alpha value is -8.97. The fourth-order valence-corrected chi connectivity index (χ4v) is 11.9. The maximum Gasteiger partial charge on any atom is 0.164 e. The Morgan fingerprint density at radius 2 is 0.739 bits per heavy atom. The molecule has 4 aromatic heterocycles. The van der Waals surface area contributed by atoms with Crippen LogP contribution in [0.4, 0.5) is 0 Å². The van der Waals surface area contributed by atoms with Gasteiger partial charge in [0.25, 0.3) is 0 Å². The summed E-state index contributed by atoms with van der Waals surface area (Å²) < 4.78 is 7.47. The number of aromatic nitrogens is 5. The van der Waals surface area contributed by atoms with Crippen LogP contribution in [0.5, 0.6) is 0 Å². The number of rotatable bonds is 7. The Bertz CT molecular complexity index is 4300. The van der Waals surface area contributed by atoms with E-state index in [9.17, 15) is 0 Å². The first-order valence-corrected chi connectivity index (χ1v) is 24.1. The summed E-state index contributed by atoms with van der Waals surface area (Å²) in [5.74, 6) is 1.87. The first-order valence-electron chi connectivity index (χ1n) is 23.3. The Morgan fingerprint density at radius 3 is 1.39 bits per heavy atom. The van der Waals surface area contributed by atoms with Crippen LogP contribution in [-0.2, 0) is 0 Å². The molecule has 0 bridgehead atoms. The van der Waals surface area contributed by atoms with Crippen molar-refractivity contribution in [1.82, 2.24) is 24.1 Å². The van der Waals surface area contributed by atoms with Crippen LogP contribution in [0.1, 0.15) is 0 Å². The van der Waals surface area contributed by atoms with Gasteiger partial charge >= 0.3 is 0 Å². The number of hydrogen-bond acceptors (Lipinski definition) is 4. The lowest BCUT2D eigenvalue weighted by atomic mass is 9.99. The van der Waals surface area contributed by atoms with Gasteiger partial charge in [-0.2, -0.15) is 0 Å². The van der Waals surface area contributed by atoms with Crippen LogP contribution in [-0.4, -0.2) is 24.1 Å². The van der Waals surface area contributed by atoms with E-state index in [0.717, 1.165) is 44.7 Å². The minimum atomic E-state index is 0.613. The quantitative estimate of drug-likeness (QED) is 0.160. The van der Waals surface area contributed by atoms with E-state index in [0.29, 0.717) is 17.5 Å². The van der Waals surface area contributed by atoms with E-state index < -0.39 is 0 Å². The number of nitrogens with zero attached hydrogens (tertiary/aromatic N) is 5. The topological polar surface area (TPSA) is 48.5 Å². The Morgan fingerprint density at radius 1 is 0.290 bits per heavy atom. The van der Waals surface area contributed by atoms with Crippen LogP contribution >= 0.6 is 11.3 Å². The van der Waals surface area contributed by atoms with E-state index >= 15 is 0 Å². The normalized spacial score (nSPS) is 11.8. The van der Waals surface area contributed by atoms with Crippen LogP contribution < -0.4 is 0 Å². The van der Waals surface area contributed by atoms with Crippen molar-refractivity contribution in [2.45, 2.75) is 0 Å². The second-order valence-electron chi connectivity index (χ2n) is 17.5. The van der Waals surface area contributed by atoms with Crippen LogP contribution in [0.25, 0.3) is 132 Å². The van der Waals surface area contributed by atoms with Gasteiger partial charge in [-0.25, -0.2) is 15.0 Å². The molecule has 0 N–H and O–H groups in total. The molecular formula is C63H39N5S. The highest BCUT2D eigenvalue weighted by Crippen LogP contribution is 2.48. The highest BCUT2D eigenvalue weighted by atomic mass is 32.1. The molecule has 6 heteroatoms. The lowest BCUT2D eigenvalue weighted by molar-refractivity contribution is 1.07. The summed E-state index contributed by atoms with van der Waals surface area (Å²) in [6, 6.07) is 84.3. The van der Waals surface area contributed by atoms with Gasteiger partial charge in [0.2, 0.25) is 0 Å². The first-order chi connectivity index (χ1) is 34.2. The Balaban J connectivity index is 1.01. The Kier molecular flexibility index (Phi) is 9.00. The van der Waals surface area contributed by atoms with Gasteiger partial charge in [0.1, 0.15) is 0 Å². The van der Waals surface area contributed by atoms with Gasteiger partial charge in [-0.1, -0.05) is 206 Å². The van der Waals surface area contributed by atoms with Gasteiger partial charge in [0.05, 0.1) is 37.2 Å². The Labute approximate surface area is 401 Å². The molecule has 0 unspecified atom stereocenters. The lowest BCUT2D eigenvalue weighted by Crippen LogP contribution is -2.02. The zero-order valence-electron chi connectivity index (χ0n) is 37.2. The summed E-state index contributed by atoms with van der Waals surface area (Å²) in [6.45, 7) is 0. The molecule has 0 spiro atoms. The number of para-hydroxylation sites is 3. The summed E-state index contributed by atoms with van der Waals surface area (Å²) in [6.07, 6.45) is 0. The molecule has 0 fully saturated rings. The maximum absolute atomic E-state index is 5.29. The third-order valence-electron chi connectivity index (χ3n) is 13.6. The first kappa shape index (κ1) is 39.2. The molecule has 10 aromatic carbocycles. The molecule has 0 saturated heterocycles. The average Bonchev–Trinajstić information content (AvgIpc) is 4.10. The highest BCUT2D eigenvalue weighted by Gasteiger charge is 2.23. The van der Waals surface area contributed by atoms with Crippen molar-refractivity contribution < 1.29 is 0 Å². The van der Waals surface area contributed by atoms with Crippen molar-refractivity contribution >= 4 is 75.1 Å². The van der Waals surface area contributed by atoms with Crippen molar-refractivity contribution in [3.05, 3.63) is 237 Å².